The summed E-state index contributed by atoms with van der Waals surface area (Å²) < 4.78 is 0. The smallest absolute Gasteiger partial charge is 0.249 e. The summed E-state index contributed by atoms with van der Waals surface area (Å²) in [5.74, 6) is -0.603. The van der Waals surface area contributed by atoms with Crippen LogP contribution in [0.2, 0.25) is 0 Å². The van der Waals surface area contributed by atoms with E-state index >= 15 is 0 Å². The molecule has 0 aliphatic carbocycles. The molecule has 0 radical (unpaired) electrons. The molecule has 0 bridgehead atoms. The second-order valence-electron chi connectivity index (χ2n) is 21.7. The average molecular weight is 1010 g/mol. The number of carbonyl (C=O) groups excluding carboxylic acids is 1. The lowest BCUT2D eigenvalue weighted by Gasteiger charge is -2.27. The van der Waals surface area contributed by atoms with Crippen LogP contribution in [0.4, 0.5) is 0 Å². The average Bonchev–Trinajstić information content (AvgIpc) is 3.39. The van der Waals surface area contributed by atoms with E-state index in [4.69, 9.17) is 0 Å². The number of amides is 1. The molecule has 0 aromatic rings. The predicted octanol–water partition coefficient (Wildman–Crippen LogP) is 19.1. The zero-order valence-corrected chi connectivity index (χ0v) is 47.9. The van der Waals surface area contributed by atoms with Crippen LogP contribution in [0.1, 0.15) is 322 Å². The molecule has 0 heterocycles. The van der Waals surface area contributed by atoms with E-state index in [2.05, 4.69) is 79.9 Å². The Labute approximate surface area is 448 Å². The van der Waals surface area contributed by atoms with Crippen molar-refractivity contribution in [3.05, 3.63) is 60.8 Å². The molecule has 0 rings (SSSR count). The third-order valence-electron chi connectivity index (χ3n) is 14.7. The van der Waals surface area contributed by atoms with Crippen molar-refractivity contribution in [3.8, 4) is 0 Å². The maximum Gasteiger partial charge on any atom is 0.249 e. The topological polar surface area (TPSA) is 110 Å². The van der Waals surface area contributed by atoms with Gasteiger partial charge >= 0.3 is 0 Å². The molecule has 1 amide bonds. The highest BCUT2D eigenvalue weighted by Gasteiger charge is 2.28. The largest absolute Gasteiger partial charge is 0.394 e. The molecule has 5 N–H and O–H groups in total. The molecule has 6 nitrogen and oxygen atoms in total. The Morgan fingerprint density at radius 2 is 0.625 bits per heavy atom. The number of aliphatic hydroxyl groups is 4. The van der Waals surface area contributed by atoms with Gasteiger partial charge < -0.3 is 25.7 Å². The zero-order chi connectivity index (χ0) is 52.3. The first-order valence-corrected chi connectivity index (χ1v) is 31.7. The first-order chi connectivity index (χ1) is 35.5. The Morgan fingerprint density at radius 3 is 0.958 bits per heavy atom. The number of aliphatic hydroxyl groups excluding tert-OH is 4. The lowest BCUT2D eigenvalue weighted by Crippen LogP contribution is -2.53. The molecular weight excluding hydrogens is 887 g/mol. The van der Waals surface area contributed by atoms with E-state index in [-0.39, 0.29) is 0 Å². The van der Waals surface area contributed by atoms with Gasteiger partial charge in [0.25, 0.3) is 0 Å². The van der Waals surface area contributed by atoms with Gasteiger partial charge in [-0.25, -0.2) is 0 Å². The molecule has 0 spiro atoms. The molecule has 0 saturated carbocycles. The van der Waals surface area contributed by atoms with E-state index in [1.807, 2.05) is 0 Å². The highest BCUT2D eigenvalue weighted by Crippen LogP contribution is 2.17. The van der Waals surface area contributed by atoms with Crippen molar-refractivity contribution in [3.63, 3.8) is 0 Å². The highest BCUT2D eigenvalue weighted by molar-refractivity contribution is 5.80. The lowest BCUT2D eigenvalue weighted by atomic mass is 10.00. The van der Waals surface area contributed by atoms with Crippen LogP contribution in [0.15, 0.2) is 60.8 Å². The zero-order valence-electron chi connectivity index (χ0n) is 47.9. The van der Waals surface area contributed by atoms with Gasteiger partial charge in [0.1, 0.15) is 12.2 Å². The van der Waals surface area contributed by atoms with E-state index in [0.717, 1.165) is 64.2 Å². The van der Waals surface area contributed by atoms with Gasteiger partial charge in [-0.05, 0) is 96.3 Å². The summed E-state index contributed by atoms with van der Waals surface area (Å²) in [5.41, 5.74) is 0. The summed E-state index contributed by atoms with van der Waals surface area (Å²) in [6.07, 6.45) is 78.9. The van der Waals surface area contributed by atoms with Gasteiger partial charge in [0.05, 0.1) is 18.8 Å². The number of allylic oxidation sites excluding steroid dienone is 10. The summed E-state index contributed by atoms with van der Waals surface area (Å²) >= 11 is 0. The van der Waals surface area contributed by atoms with E-state index in [0.29, 0.717) is 19.3 Å². The predicted molar refractivity (Wildman–Crippen MR) is 316 cm³/mol. The molecule has 4 atom stereocenters. The molecule has 6 heteroatoms. The van der Waals surface area contributed by atoms with E-state index in [9.17, 15) is 25.2 Å². The normalized spacial score (nSPS) is 14.0. The highest BCUT2D eigenvalue weighted by atomic mass is 16.3. The minimum absolute atomic E-state index is 0.350. The van der Waals surface area contributed by atoms with Crippen molar-refractivity contribution >= 4 is 5.91 Å². The number of carbonyl (C=O) groups is 1. The fourth-order valence-electron chi connectivity index (χ4n) is 9.71. The molecule has 0 aliphatic heterocycles. The lowest BCUT2D eigenvalue weighted by molar-refractivity contribution is -0.132. The summed E-state index contributed by atoms with van der Waals surface area (Å²) in [6.45, 7) is 4.07. The molecule has 72 heavy (non-hydrogen) atoms. The number of nitrogens with one attached hydrogen (secondary N) is 1. The van der Waals surface area contributed by atoms with Crippen molar-refractivity contribution in [1.29, 1.82) is 0 Å². The Kier molecular flexibility index (Phi) is 58.2. The van der Waals surface area contributed by atoms with Crippen LogP contribution in [0.3, 0.4) is 0 Å². The summed E-state index contributed by atoms with van der Waals surface area (Å²) in [6, 6.07) is -1.02. The summed E-state index contributed by atoms with van der Waals surface area (Å²) in [7, 11) is 0. The molecule has 0 saturated heterocycles. The summed E-state index contributed by atoms with van der Waals surface area (Å²) in [5, 5.41) is 44.0. The van der Waals surface area contributed by atoms with Gasteiger partial charge in [-0.3, -0.25) is 4.79 Å². The first kappa shape index (κ1) is 70.0. The van der Waals surface area contributed by atoms with Crippen molar-refractivity contribution < 1.29 is 25.2 Å². The van der Waals surface area contributed by atoms with Crippen molar-refractivity contribution in [2.75, 3.05) is 6.61 Å². The van der Waals surface area contributed by atoms with Crippen LogP contribution in [0.5, 0.6) is 0 Å². The number of hydrogen-bond acceptors (Lipinski definition) is 5. The van der Waals surface area contributed by atoms with E-state index < -0.39 is 36.9 Å². The molecule has 0 aliphatic rings. The van der Waals surface area contributed by atoms with Gasteiger partial charge in [0.15, 0.2) is 0 Å². The van der Waals surface area contributed by atoms with Crippen molar-refractivity contribution in [2.24, 2.45) is 0 Å². The van der Waals surface area contributed by atoms with Crippen molar-refractivity contribution in [2.45, 2.75) is 346 Å². The molecule has 0 aromatic heterocycles. The molecule has 0 aromatic carbocycles. The fraction of sp³-hybridized carbons (Fsp3) is 0.833. The standard InChI is InChI=1S/C66H123NO5/c1-3-5-7-9-11-13-15-17-19-21-23-25-27-29-30-31-32-33-34-35-36-38-39-41-43-45-47-49-51-53-55-57-59-63(69)65(71)62(61-68)67-66(72)64(70)60-58-56-54-52-50-48-46-44-42-40-37-28-26-24-22-20-18-16-14-12-10-8-6-4-2/h24,26,36-38,40,43,45,51,53,62-65,68-71H,3-23,25,27-35,39,41-42,44,46-50,52,54-61H2,1-2H3,(H,67,72)/b26-24-,38-36+,40-37-,45-43+,53-51+. The Balaban J connectivity index is 3.69. The van der Waals surface area contributed by atoms with Crippen molar-refractivity contribution in [1.82, 2.24) is 5.32 Å². The fourth-order valence-corrected chi connectivity index (χ4v) is 9.71. The number of unbranched alkanes of at least 4 members (excludes halogenated alkanes) is 39. The third-order valence-corrected chi connectivity index (χ3v) is 14.7. The van der Waals surface area contributed by atoms with Crippen LogP contribution in [0.25, 0.3) is 0 Å². The molecular formula is C66H123NO5. The van der Waals surface area contributed by atoms with Gasteiger partial charge in [0, 0.05) is 0 Å². The third kappa shape index (κ3) is 52.9. The second-order valence-corrected chi connectivity index (χ2v) is 21.7. The molecule has 4 unspecified atom stereocenters. The first-order valence-electron chi connectivity index (χ1n) is 31.7. The Bertz CT molecular complexity index is 1230. The van der Waals surface area contributed by atoms with E-state index in [1.165, 1.54) is 225 Å². The summed E-state index contributed by atoms with van der Waals surface area (Å²) in [4.78, 5) is 12.6. The molecule has 422 valence electrons. The van der Waals surface area contributed by atoms with Crippen LogP contribution in [-0.2, 0) is 4.79 Å². The second kappa shape index (κ2) is 59.9. The Hall–Kier alpha value is -1.99. The number of rotatable bonds is 58. The maximum atomic E-state index is 12.6. The van der Waals surface area contributed by atoms with Crippen LogP contribution >= 0.6 is 0 Å². The minimum Gasteiger partial charge on any atom is -0.394 e. The monoisotopic (exact) mass is 1010 g/mol. The van der Waals surface area contributed by atoms with E-state index in [1.54, 1.807) is 0 Å². The molecule has 0 fully saturated rings. The quantitative estimate of drug-likeness (QED) is 0.0308. The van der Waals surface area contributed by atoms with Crippen LogP contribution < -0.4 is 5.32 Å². The minimum atomic E-state index is -1.30. The van der Waals surface area contributed by atoms with Gasteiger partial charge in [0.2, 0.25) is 5.91 Å². The van der Waals surface area contributed by atoms with Gasteiger partial charge in [-0.2, -0.15) is 0 Å². The SMILES string of the molecule is CCCCCCCCCCC/C=C\C/C=C\CCCCCCCCCCC(O)C(=O)NC(CO)C(O)C(O)CCC/C=C/CC/C=C/CC/C=C/CCCCCCCCCCCCCCCCCCCCC. The van der Waals surface area contributed by atoms with Gasteiger partial charge in [-0.1, -0.05) is 286 Å². The van der Waals surface area contributed by atoms with Crippen LogP contribution in [-0.4, -0.2) is 57.3 Å². The Morgan fingerprint density at radius 1 is 0.347 bits per heavy atom. The van der Waals surface area contributed by atoms with Gasteiger partial charge in [-0.15, -0.1) is 0 Å². The number of hydrogen-bond donors (Lipinski definition) is 5. The van der Waals surface area contributed by atoms with Crippen LogP contribution in [0, 0.1) is 0 Å². The maximum absolute atomic E-state index is 12.6.